The molecule has 1 heterocycles. The molecule has 12 heteroatoms. The molecule has 1 aromatic carbocycles. The van der Waals surface area contributed by atoms with Crippen molar-refractivity contribution in [2.24, 2.45) is 11.3 Å². The summed E-state index contributed by atoms with van der Waals surface area (Å²) in [6.07, 6.45) is 3.04. The molecular weight excluding hydrogens is 584 g/mol. The van der Waals surface area contributed by atoms with Crippen molar-refractivity contribution < 1.29 is 32.3 Å². The zero-order chi connectivity index (χ0) is 32.7. The number of nitrogens with one attached hydrogen (secondary N) is 3. The molecule has 2 saturated carbocycles. The van der Waals surface area contributed by atoms with Gasteiger partial charge < -0.3 is 20.3 Å². The van der Waals surface area contributed by atoms with Gasteiger partial charge in [0, 0.05) is 12.5 Å². The minimum Gasteiger partial charge on any atom is -0.444 e. The average Bonchev–Trinajstić information content (AvgIpc) is 3.79. The maximum absolute atomic E-state index is 13.8. The first kappa shape index (κ1) is 33.5. The van der Waals surface area contributed by atoms with Crippen LogP contribution in [-0.4, -0.2) is 71.6 Å². The van der Waals surface area contributed by atoms with E-state index in [1.54, 1.807) is 41.5 Å². The highest BCUT2D eigenvalue weighted by molar-refractivity contribution is 7.91. The number of alkyl carbamates (subject to hydrolysis) is 1. The number of ether oxygens (including phenoxy) is 1. The zero-order valence-corrected chi connectivity index (χ0v) is 27.4. The third-order valence-corrected chi connectivity index (χ3v) is 10.8. The van der Waals surface area contributed by atoms with Crippen LogP contribution in [0.2, 0.25) is 0 Å². The molecule has 1 aromatic rings. The van der Waals surface area contributed by atoms with Crippen LogP contribution in [-0.2, 0) is 35.6 Å². The fourth-order valence-corrected chi connectivity index (χ4v) is 7.49. The van der Waals surface area contributed by atoms with E-state index in [2.05, 4.69) is 21.9 Å². The van der Waals surface area contributed by atoms with Crippen molar-refractivity contribution in [1.29, 1.82) is 0 Å². The van der Waals surface area contributed by atoms with Crippen molar-refractivity contribution in [3.63, 3.8) is 0 Å². The second-order valence-electron chi connectivity index (χ2n) is 14.4. The van der Waals surface area contributed by atoms with Crippen molar-refractivity contribution in [2.75, 3.05) is 6.54 Å². The van der Waals surface area contributed by atoms with Crippen LogP contribution >= 0.6 is 0 Å². The van der Waals surface area contributed by atoms with E-state index in [0.717, 1.165) is 5.56 Å². The molecule has 3 N–H and O–H groups in total. The first-order chi connectivity index (χ1) is 20.3. The molecule has 3 aliphatic rings. The molecule has 0 spiro atoms. The quantitative estimate of drug-likeness (QED) is 0.336. The lowest BCUT2D eigenvalue weighted by molar-refractivity contribution is -0.142. The third kappa shape index (κ3) is 7.11. The molecule has 44 heavy (non-hydrogen) atoms. The fourth-order valence-electron chi connectivity index (χ4n) is 5.85. The van der Waals surface area contributed by atoms with Gasteiger partial charge in [-0.25, -0.2) is 13.2 Å². The summed E-state index contributed by atoms with van der Waals surface area (Å²) < 4.78 is 33.5. The molecule has 2 aliphatic carbocycles. The Morgan fingerprint density at radius 3 is 2.25 bits per heavy atom. The predicted octanol–water partition coefficient (Wildman–Crippen LogP) is 3.20. The summed E-state index contributed by atoms with van der Waals surface area (Å²) in [4.78, 5) is 55.1. The second kappa shape index (κ2) is 11.8. The van der Waals surface area contributed by atoms with Crippen molar-refractivity contribution in [3.05, 3.63) is 48.6 Å². The predicted molar refractivity (Wildman–Crippen MR) is 166 cm³/mol. The van der Waals surface area contributed by atoms with E-state index in [9.17, 15) is 27.6 Å². The first-order valence-corrected chi connectivity index (χ1v) is 16.7. The van der Waals surface area contributed by atoms with Crippen LogP contribution in [0.1, 0.15) is 79.2 Å². The Morgan fingerprint density at radius 1 is 1.09 bits per heavy atom. The lowest BCUT2D eigenvalue weighted by Gasteiger charge is -2.36. The SMILES string of the molecule is C=C[C@@H]1C[C@]1(NC(=O)[C@@H]1CCCN1C(=O)[C@@H](NC(=O)OC(C)(C)C)C(C)(C)C)C(=O)NS(=O)(=O)C1(Cc2ccccc2)CC1. The summed E-state index contributed by atoms with van der Waals surface area (Å²) >= 11 is 0. The molecule has 242 valence electrons. The lowest BCUT2D eigenvalue weighted by atomic mass is 9.85. The molecule has 4 atom stereocenters. The monoisotopic (exact) mass is 630 g/mol. The molecule has 11 nitrogen and oxygen atoms in total. The van der Waals surface area contributed by atoms with E-state index in [4.69, 9.17) is 4.74 Å². The highest BCUT2D eigenvalue weighted by atomic mass is 32.2. The van der Waals surface area contributed by atoms with Gasteiger partial charge in [-0.05, 0) is 70.3 Å². The minimum atomic E-state index is -4.05. The number of hydrogen-bond acceptors (Lipinski definition) is 7. The van der Waals surface area contributed by atoms with Crippen LogP contribution < -0.4 is 15.4 Å². The first-order valence-electron chi connectivity index (χ1n) is 15.2. The highest BCUT2D eigenvalue weighted by Gasteiger charge is 2.63. The van der Waals surface area contributed by atoms with Crippen molar-refractivity contribution >= 4 is 33.8 Å². The van der Waals surface area contributed by atoms with Crippen molar-refractivity contribution in [2.45, 2.75) is 108 Å². The Bertz CT molecular complexity index is 1410. The Morgan fingerprint density at radius 2 is 1.73 bits per heavy atom. The Labute approximate surface area is 260 Å². The Balaban J connectivity index is 1.48. The zero-order valence-electron chi connectivity index (χ0n) is 26.6. The van der Waals surface area contributed by atoms with Gasteiger partial charge in [-0.1, -0.05) is 57.2 Å². The Kier molecular flexibility index (Phi) is 9.00. The molecule has 0 aromatic heterocycles. The minimum absolute atomic E-state index is 0.195. The molecular formula is C32H46N4O7S. The Hall–Kier alpha value is -3.41. The van der Waals surface area contributed by atoms with E-state index in [0.29, 0.717) is 32.2 Å². The molecule has 1 saturated heterocycles. The maximum atomic E-state index is 13.8. The van der Waals surface area contributed by atoms with Crippen LogP contribution in [0.3, 0.4) is 0 Å². The summed E-state index contributed by atoms with van der Waals surface area (Å²) in [7, 11) is -4.05. The van der Waals surface area contributed by atoms with E-state index < -0.39 is 73.1 Å². The molecule has 4 rings (SSSR count). The number of benzene rings is 1. The summed E-state index contributed by atoms with van der Waals surface area (Å²) in [6.45, 7) is 14.6. The highest BCUT2D eigenvalue weighted by Crippen LogP contribution is 2.48. The number of nitrogens with zero attached hydrogens (tertiary/aromatic N) is 1. The topological polar surface area (TPSA) is 151 Å². The molecule has 1 aliphatic heterocycles. The number of amides is 4. The normalized spacial score (nSPS) is 24.9. The maximum Gasteiger partial charge on any atom is 0.408 e. The van der Waals surface area contributed by atoms with Gasteiger partial charge in [0.2, 0.25) is 21.8 Å². The van der Waals surface area contributed by atoms with Gasteiger partial charge in [0.15, 0.2) is 0 Å². The summed E-state index contributed by atoms with van der Waals surface area (Å²) in [6, 6.07) is 7.38. The number of hydrogen-bond donors (Lipinski definition) is 3. The van der Waals surface area contributed by atoms with Crippen LogP contribution in [0, 0.1) is 11.3 Å². The van der Waals surface area contributed by atoms with Gasteiger partial charge in [0.1, 0.15) is 23.2 Å². The van der Waals surface area contributed by atoms with E-state index in [1.165, 1.54) is 11.0 Å². The number of sulfonamides is 1. The van der Waals surface area contributed by atoms with Crippen LogP contribution in [0.15, 0.2) is 43.0 Å². The molecule has 4 amide bonds. The van der Waals surface area contributed by atoms with Gasteiger partial charge in [-0.15, -0.1) is 6.58 Å². The smallest absolute Gasteiger partial charge is 0.408 e. The number of carbonyl (C=O) groups is 4. The standard InChI is InChI=1S/C32H46N4O7S/c1-8-22-20-32(22,27(39)35-44(41,42)31(16-17-31)19-21-13-10-9-11-14-21)34-25(37)23-15-12-18-36(23)26(38)24(29(2,3)4)33-28(40)43-30(5,6)7/h8-11,13-14,22-24H,1,12,15-20H2,2-7H3,(H,33,40)(H,34,37)(H,35,39)/t22-,23+,24-,32-/m1/s1. The van der Waals surface area contributed by atoms with E-state index in [-0.39, 0.29) is 12.8 Å². The van der Waals surface area contributed by atoms with Crippen LogP contribution in [0.25, 0.3) is 0 Å². The molecule has 3 fully saturated rings. The summed E-state index contributed by atoms with van der Waals surface area (Å²) in [5.41, 5.74) is -2.08. The summed E-state index contributed by atoms with van der Waals surface area (Å²) in [5, 5.41) is 5.48. The molecule has 0 unspecified atom stereocenters. The van der Waals surface area contributed by atoms with Crippen LogP contribution in [0.5, 0.6) is 0 Å². The van der Waals surface area contributed by atoms with Gasteiger partial charge in [-0.3, -0.25) is 19.1 Å². The van der Waals surface area contributed by atoms with Crippen LogP contribution in [0.4, 0.5) is 4.79 Å². The van der Waals surface area contributed by atoms with E-state index in [1.807, 2.05) is 30.3 Å². The van der Waals surface area contributed by atoms with Crippen molar-refractivity contribution in [1.82, 2.24) is 20.3 Å². The van der Waals surface area contributed by atoms with Gasteiger partial charge in [-0.2, -0.15) is 0 Å². The molecule has 0 radical (unpaired) electrons. The van der Waals surface area contributed by atoms with E-state index >= 15 is 0 Å². The van der Waals surface area contributed by atoms with Crippen molar-refractivity contribution in [3.8, 4) is 0 Å². The number of likely N-dealkylation sites (tertiary alicyclic amines) is 1. The number of carbonyl (C=O) groups excluding carboxylic acids is 4. The largest absolute Gasteiger partial charge is 0.444 e. The van der Waals surface area contributed by atoms with Gasteiger partial charge in [0.25, 0.3) is 5.91 Å². The second-order valence-corrected chi connectivity index (χ2v) is 16.5. The summed E-state index contributed by atoms with van der Waals surface area (Å²) in [5.74, 6) is -2.25. The number of rotatable bonds is 10. The van der Waals surface area contributed by atoms with Gasteiger partial charge in [0.05, 0.1) is 4.75 Å². The third-order valence-electron chi connectivity index (χ3n) is 8.64. The average molecular weight is 631 g/mol. The van der Waals surface area contributed by atoms with Gasteiger partial charge >= 0.3 is 6.09 Å². The lowest BCUT2D eigenvalue weighted by Crippen LogP contribution is -2.60. The fraction of sp³-hybridized carbons (Fsp3) is 0.625. The molecule has 0 bridgehead atoms.